The normalized spacial score (nSPS) is 10.5. The number of ether oxygens (including phenoxy) is 1. The Labute approximate surface area is 155 Å². The van der Waals surface area contributed by atoms with Crippen molar-refractivity contribution in [1.29, 1.82) is 0 Å². The number of rotatable bonds is 5. The molecule has 0 bridgehead atoms. The van der Waals surface area contributed by atoms with E-state index in [1.54, 1.807) is 4.90 Å². The number of aromatic nitrogens is 3. The Kier molecular flexibility index (Phi) is 5.13. The van der Waals surface area contributed by atoms with E-state index in [4.69, 9.17) is 4.74 Å². The van der Waals surface area contributed by atoms with Gasteiger partial charge in [0, 0.05) is 19.7 Å². The Morgan fingerprint density at radius 1 is 1.19 bits per heavy atom. The number of carbonyl (C=O) groups excluding carboxylic acids is 1. The summed E-state index contributed by atoms with van der Waals surface area (Å²) >= 11 is 1.36. The number of aryl methyl sites for hydroxylation is 1. The molecule has 0 saturated carbocycles. The molecular formula is C18H19N5O2S. The van der Waals surface area contributed by atoms with E-state index in [1.807, 2.05) is 51.4 Å². The number of hydrogen-bond donors (Lipinski definition) is 1. The zero-order chi connectivity index (χ0) is 18.7. The van der Waals surface area contributed by atoms with E-state index in [-0.39, 0.29) is 11.9 Å². The minimum atomic E-state index is -0.237. The van der Waals surface area contributed by atoms with Crippen LogP contribution >= 0.6 is 11.3 Å². The van der Waals surface area contributed by atoms with Gasteiger partial charge in [-0.15, -0.1) is 11.3 Å². The summed E-state index contributed by atoms with van der Waals surface area (Å²) in [7, 11) is 5.17. The molecule has 0 aliphatic carbocycles. The number of hydrogen-bond acceptors (Lipinski definition) is 7. The number of thiazole rings is 1. The van der Waals surface area contributed by atoms with Crippen LogP contribution in [0.1, 0.15) is 15.4 Å². The first-order chi connectivity index (χ1) is 12.5. The first-order valence-electron chi connectivity index (χ1n) is 7.92. The second-order valence-electron chi connectivity index (χ2n) is 5.74. The molecule has 0 aliphatic heterocycles. The summed E-state index contributed by atoms with van der Waals surface area (Å²) in [5, 5.41) is 3.69. The van der Waals surface area contributed by atoms with Crippen molar-refractivity contribution in [3.05, 3.63) is 47.1 Å². The lowest BCUT2D eigenvalue weighted by Crippen LogP contribution is -2.18. The van der Waals surface area contributed by atoms with Gasteiger partial charge in [0.2, 0.25) is 0 Å². The predicted molar refractivity (Wildman–Crippen MR) is 103 cm³/mol. The maximum Gasteiger partial charge on any atom is 0.318 e. The molecule has 0 radical (unpaired) electrons. The Balaban J connectivity index is 1.88. The molecule has 7 nitrogen and oxygen atoms in total. The van der Waals surface area contributed by atoms with Crippen molar-refractivity contribution in [2.75, 3.05) is 31.4 Å². The van der Waals surface area contributed by atoms with Crippen molar-refractivity contribution in [3.8, 4) is 16.6 Å². The molecule has 2 heterocycles. The SMILES string of the molecule is COc1ncc(NC(=O)c2sc(-c3ccccc3)nc2C)c(N(C)C)n1. The van der Waals surface area contributed by atoms with Gasteiger partial charge >= 0.3 is 6.01 Å². The second-order valence-corrected chi connectivity index (χ2v) is 6.74. The van der Waals surface area contributed by atoms with Crippen LogP contribution in [-0.4, -0.2) is 42.1 Å². The van der Waals surface area contributed by atoms with Gasteiger partial charge in [-0.05, 0) is 6.92 Å². The van der Waals surface area contributed by atoms with Crippen molar-refractivity contribution in [3.63, 3.8) is 0 Å². The Morgan fingerprint density at radius 3 is 2.58 bits per heavy atom. The van der Waals surface area contributed by atoms with Crippen LogP contribution in [-0.2, 0) is 0 Å². The molecule has 1 amide bonds. The van der Waals surface area contributed by atoms with Gasteiger partial charge in [-0.25, -0.2) is 9.97 Å². The monoisotopic (exact) mass is 369 g/mol. The van der Waals surface area contributed by atoms with Crippen LogP contribution in [0.5, 0.6) is 6.01 Å². The zero-order valence-corrected chi connectivity index (χ0v) is 15.8. The van der Waals surface area contributed by atoms with Crippen LogP contribution in [0.15, 0.2) is 36.5 Å². The number of nitrogens with one attached hydrogen (secondary N) is 1. The molecule has 0 spiro atoms. The van der Waals surface area contributed by atoms with Crippen LogP contribution in [0.3, 0.4) is 0 Å². The lowest BCUT2D eigenvalue weighted by molar-refractivity contribution is 0.102. The van der Waals surface area contributed by atoms with Gasteiger partial charge in [0.1, 0.15) is 15.6 Å². The number of carbonyl (C=O) groups is 1. The summed E-state index contributed by atoms with van der Waals surface area (Å²) in [6.07, 6.45) is 1.54. The summed E-state index contributed by atoms with van der Waals surface area (Å²) < 4.78 is 5.05. The van der Waals surface area contributed by atoms with Crippen LogP contribution in [0.4, 0.5) is 11.5 Å². The maximum absolute atomic E-state index is 12.8. The van der Waals surface area contributed by atoms with Crippen molar-refractivity contribution < 1.29 is 9.53 Å². The van der Waals surface area contributed by atoms with E-state index in [2.05, 4.69) is 20.3 Å². The molecule has 2 aromatic heterocycles. The summed E-state index contributed by atoms with van der Waals surface area (Å²) in [6, 6.07) is 10.0. The fourth-order valence-electron chi connectivity index (χ4n) is 2.37. The fourth-order valence-corrected chi connectivity index (χ4v) is 3.34. The third-order valence-corrected chi connectivity index (χ3v) is 4.83. The first-order valence-corrected chi connectivity index (χ1v) is 8.73. The van der Waals surface area contributed by atoms with E-state index >= 15 is 0 Å². The predicted octanol–water partition coefficient (Wildman–Crippen LogP) is 3.24. The lowest BCUT2D eigenvalue weighted by Gasteiger charge is -2.16. The summed E-state index contributed by atoms with van der Waals surface area (Å²) in [4.78, 5) is 28.0. The molecule has 0 aliphatic rings. The molecule has 8 heteroatoms. The summed E-state index contributed by atoms with van der Waals surface area (Å²) in [5.41, 5.74) is 2.18. The standard InChI is InChI=1S/C18H19N5O2S/c1-11-14(26-17(20-11)12-8-6-5-7-9-12)16(24)21-13-10-19-18(25-4)22-15(13)23(2)3/h5-10H,1-4H3,(H,21,24). The minimum Gasteiger partial charge on any atom is -0.467 e. The third kappa shape index (κ3) is 3.65. The van der Waals surface area contributed by atoms with Gasteiger partial charge in [-0.2, -0.15) is 4.98 Å². The van der Waals surface area contributed by atoms with Crippen LogP contribution in [0.2, 0.25) is 0 Å². The summed E-state index contributed by atoms with van der Waals surface area (Å²) in [6.45, 7) is 1.83. The Hall–Kier alpha value is -3.00. The second kappa shape index (κ2) is 7.49. The van der Waals surface area contributed by atoms with Crippen molar-refractivity contribution >= 4 is 28.7 Å². The maximum atomic E-state index is 12.8. The fraction of sp³-hybridized carbons (Fsp3) is 0.222. The number of anilines is 2. The highest BCUT2D eigenvalue weighted by Crippen LogP contribution is 2.29. The third-order valence-electron chi connectivity index (χ3n) is 3.62. The molecule has 26 heavy (non-hydrogen) atoms. The molecule has 134 valence electrons. The number of methoxy groups -OCH3 is 1. The first kappa shape index (κ1) is 17.8. The van der Waals surface area contributed by atoms with E-state index in [0.29, 0.717) is 22.1 Å². The largest absolute Gasteiger partial charge is 0.467 e. The highest BCUT2D eigenvalue weighted by Gasteiger charge is 2.19. The van der Waals surface area contributed by atoms with E-state index < -0.39 is 0 Å². The van der Waals surface area contributed by atoms with Gasteiger partial charge in [0.25, 0.3) is 5.91 Å². The highest BCUT2D eigenvalue weighted by molar-refractivity contribution is 7.17. The lowest BCUT2D eigenvalue weighted by atomic mass is 10.2. The van der Waals surface area contributed by atoms with Crippen molar-refractivity contribution in [2.45, 2.75) is 6.92 Å². The van der Waals surface area contributed by atoms with Crippen molar-refractivity contribution in [2.24, 2.45) is 0 Å². The smallest absolute Gasteiger partial charge is 0.318 e. The molecule has 0 saturated heterocycles. The molecule has 0 fully saturated rings. The zero-order valence-electron chi connectivity index (χ0n) is 15.0. The number of nitrogens with zero attached hydrogens (tertiary/aromatic N) is 4. The number of amides is 1. The quantitative estimate of drug-likeness (QED) is 0.744. The summed E-state index contributed by atoms with van der Waals surface area (Å²) in [5.74, 6) is 0.328. The highest BCUT2D eigenvalue weighted by atomic mass is 32.1. The van der Waals surface area contributed by atoms with Gasteiger partial charge in [-0.1, -0.05) is 30.3 Å². The topological polar surface area (TPSA) is 80.2 Å². The Bertz CT molecular complexity index is 925. The molecule has 3 aromatic rings. The molecule has 1 aromatic carbocycles. The average molecular weight is 369 g/mol. The van der Waals surface area contributed by atoms with E-state index in [9.17, 15) is 4.79 Å². The Morgan fingerprint density at radius 2 is 1.92 bits per heavy atom. The van der Waals surface area contributed by atoms with Crippen LogP contribution in [0.25, 0.3) is 10.6 Å². The van der Waals surface area contributed by atoms with Gasteiger partial charge in [-0.3, -0.25) is 4.79 Å². The van der Waals surface area contributed by atoms with Crippen LogP contribution in [0, 0.1) is 6.92 Å². The van der Waals surface area contributed by atoms with E-state index in [1.165, 1.54) is 24.6 Å². The average Bonchev–Trinajstić information content (AvgIpc) is 3.04. The van der Waals surface area contributed by atoms with Gasteiger partial charge < -0.3 is 15.0 Å². The molecule has 0 atom stereocenters. The molecule has 3 rings (SSSR count). The van der Waals surface area contributed by atoms with Gasteiger partial charge in [0.15, 0.2) is 5.82 Å². The molecule has 1 N–H and O–H groups in total. The van der Waals surface area contributed by atoms with Gasteiger partial charge in [0.05, 0.1) is 19.0 Å². The van der Waals surface area contributed by atoms with Crippen molar-refractivity contribution in [1.82, 2.24) is 15.0 Å². The molecule has 0 unspecified atom stereocenters. The van der Waals surface area contributed by atoms with E-state index in [0.717, 1.165) is 10.6 Å². The molecular weight excluding hydrogens is 350 g/mol. The van der Waals surface area contributed by atoms with Crippen LogP contribution < -0.4 is 15.0 Å². The number of benzene rings is 1. The minimum absolute atomic E-state index is 0.237.